The molecule has 0 bridgehead atoms. The van der Waals surface area contributed by atoms with Crippen molar-refractivity contribution in [1.82, 2.24) is 6.15 Å². The van der Waals surface area contributed by atoms with Crippen LogP contribution in [0.15, 0.2) is 60.7 Å². The number of benzene rings is 2. The average molecular weight is 283 g/mol. The van der Waals surface area contributed by atoms with Crippen molar-refractivity contribution in [1.29, 1.82) is 0 Å². The van der Waals surface area contributed by atoms with Gasteiger partial charge in [-0.2, -0.15) is 0 Å². The third kappa shape index (κ3) is 3.74. The summed E-state index contributed by atoms with van der Waals surface area (Å²) < 4.78 is 0. The Kier molecular flexibility index (Phi) is 5.76. The first-order chi connectivity index (χ1) is 9.65. The Morgan fingerprint density at radius 2 is 0.952 bits per heavy atom. The van der Waals surface area contributed by atoms with Gasteiger partial charge in [-0.05, 0) is 60.4 Å². The van der Waals surface area contributed by atoms with Gasteiger partial charge in [0.1, 0.15) is 11.5 Å². The Hall–Kier alpha value is -2.52. The zero-order valence-electron chi connectivity index (χ0n) is 12.4. The lowest BCUT2D eigenvalue weighted by atomic mass is 9.92. The molecule has 110 valence electrons. The molecule has 0 aromatic heterocycles. The van der Waals surface area contributed by atoms with E-state index in [9.17, 15) is 10.2 Å². The lowest BCUT2D eigenvalue weighted by Crippen LogP contribution is -1.90. The van der Waals surface area contributed by atoms with Crippen molar-refractivity contribution in [3.8, 4) is 11.5 Å². The number of hydrogen-bond acceptors (Lipinski definition) is 3. The molecule has 3 nitrogen and oxygen atoms in total. The molecule has 5 N–H and O–H groups in total. The average Bonchev–Trinajstić information content (AvgIpc) is 2.47. The molecule has 0 amide bonds. The smallest absolute Gasteiger partial charge is 0.115 e. The van der Waals surface area contributed by atoms with Crippen LogP contribution in [0.4, 0.5) is 0 Å². The topological polar surface area (TPSA) is 75.5 Å². The van der Waals surface area contributed by atoms with Gasteiger partial charge in [-0.25, -0.2) is 0 Å². The minimum atomic E-state index is 0. The van der Waals surface area contributed by atoms with Crippen LogP contribution in [0.1, 0.15) is 25.0 Å². The Bertz CT molecular complexity index is 578. The number of rotatable bonds is 3. The van der Waals surface area contributed by atoms with Gasteiger partial charge in [0, 0.05) is 0 Å². The molecule has 0 spiro atoms. The van der Waals surface area contributed by atoms with Gasteiger partial charge in [-0.15, -0.1) is 0 Å². The monoisotopic (exact) mass is 283 g/mol. The summed E-state index contributed by atoms with van der Waals surface area (Å²) in [5.41, 5.74) is 4.29. The molecule has 0 aliphatic carbocycles. The van der Waals surface area contributed by atoms with Crippen LogP contribution in [0.2, 0.25) is 0 Å². The minimum absolute atomic E-state index is 0. The van der Waals surface area contributed by atoms with Gasteiger partial charge in [0.05, 0.1) is 0 Å². The Morgan fingerprint density at radius 3 is 1.19 bits per heavy atom. The number of allylic oxidation sites excluding steroid dienone is 4. The van der Waals surface area contributed by atoms with Crippen molar-refractivity contribution in [2.24, 2.45) is 0 Å². The molecule has 21 heavy (non-hydrogen) atoms. The predicted octanol–water partition coefficient (Wildman–Crippen LogP) is 4.77. The third-order valence-electron chi connectivity index (χ3n) is 3.22. The van der Waals surface area contributed by atoms with Gasteiger partial charge in [0.15, 0.2) is 0 Å². The molecule has 0 unspecified atom stereocenters. The molecular formula is C18H21NO2. The second-order valence-electron chi connectivity index (χ2n) is 4.50. The highest BCUT2D eigenvalue weighted by Gasteiger charge is 2.09. The number of aromatic hydroxyl groups is 2. The largest absolute Gasteiger partial charge is 0.508 e. The van der Waals surface area contributed by atoms with Gasteiger partial charge in [0.25, 0.3) is 0 Å². The van der Waals surface area contributed by atoms with Crippen LogP contribution in [-0.4, -0.2) is 10.2 Å². The second-order valence-corrected chi connectivity index (χ2v) is 4.50. The van der Waals surface area contributed by atoms with Crippen molar-refractivity contribution in [3.63, 3.8) is 0 Å². The SMILES string of the molecule is C/C=C(/C(=C/C)c1ccc(O)cc1)c1ccc(O)cc1.N. The molecule has 2 aromatic rings. The van der Waals surface area contributed by atoms with Gasteiger partial charge in [0.2, 0.25) is 0 Å². The maximum atomic E-state index is 9.39. The normalized spacial score (nSPS) is 11.9. The van der Waals surface area contributed by atoms with Crippen LogP contribution in [-0.2, 0) is 0 Å². The first kappa shape index (κ1) is 16.5. The Labute approximate surface area is 125 Å². The van der Waals surface area contributed by atoms with E-state index in [2.05, 4.69) is 12.2 Å². The van der Waals surface area contributed by atoms with Gasteiger partial charge in [-0.1, -0.05) is 36.4 Å². The van der Waals surface area contributed by atoms with E-state index < -0.39 is 0 Å². The van der Waals surface area contributed by atoms with E-state index in [1.54, 1.807) is 24.3 Å². The predicted molar refractivity (Wildman–Crippen MR) is 88.5 cm³/mol. The summed E-state index contributed by atoms with van der Waals surface area (Å²) in [7, 11) is 0. The summed E-state index contributed by atoms with van der Waals surface area (Å²) in [6, 6.07) is 14.3. The first-order valence-electron chi connectivity index (χ1n) is 6.57. The number of phenolic OH excluding ortho intramolecular Hbond substituents is 2. The fourth-order valence-corrected chi connectivity index (χ4v) is 2.24. The maximum Gasteiger partial charge on any atom is 0.115 e. The highest BCUT2D eigenvalue weighted by atomic mass is 16.3. The van der Waals surface area contributed by atoms with Crippen molar-refractivity contribution in [3.05, 3.63) is 71.8 Å². The summed E-state index contributed by atoms with van der Waals surface area (Å²) in [5, 5.41) is 18.8. The lowest BCUT2D eigenvalue weighted by molar-refractivity contribution is 0.474. The van der Waals surface area contributed by atoms with E-state index in [0.717, 1.165) is 22.3 Å². The van der Waals surface area contributed by atoms with E-state index in [1.165, 1.54) is 0 Å². The Balaban J connectivity index is 0.00000220. The summed E-state index contributed by atoms with van der Waals surface area (Å²) in [4.78, 5) is 0. The molecule has 2 aromatic carbocycles. The number of phenols is 2. The summed E-state index contributed by atoms with van der Waals surface area (Å²) >= 11 is 0. The molecule has 0 atom stereocenters. The highest BCUT2D eigenvalue weighted by Crippen LogP contribution is 2.32. The third-order valence-corrected chi connectivity index (χ3v) is 3.22. The first-order valence-corrected chi connectivity index (χ1v) is 6.57. The van der Waals surface area contributed by atoms with Crippen LogP contribution in [0.25, 0.3) is 11.1 Å². The van der Waals surface area contributed by atoms with Gasteiger partial charge in [-0.3, -0.25) is 0 Å². The summed E-state index contributed by atoms with van der Waals surface area (Å²) in [5.74, 6) is 0.520. The van der Waals surface area contributed by atoms with E-state index in [0.29, 0.717) is 0 Å². The zero-order valence-corrected chi connectivity index (χ0v) is 12.4. The van der Waals surface area contributed by atoms with E-state index in [4.69, 9.17) is 0 Å². The fourth-order valence-electron chi connectivity index (χ4n) is 2.24. The Morgan fingerprint density at radius 1 is 0.667 bits per heavy atom. The molecule has 0 saturated carbocycles. The molecule has 2 rings (SSSR count). The lowest BCUT2D eigenvalue weighted by Gasteiger charge is -2.13. The zero-order chi connectivity index (χ0) is 14.5. The standard InChI is InChI=1S/C18H18O2.H3N/c1-3-17(13-5-9-15(19)10-6-13)18(4-2)14-7-11-16(20)12-8-14;/h3-12,19-20H,1-2H3;1H3/b17-3+,18-4+;. The van der Waals surface area contributed by atoms with Crippen molar-refractivity contribution in [2.45, 2.75) is 13.8 Å². The van der Waals surface area contributed by atoms with E-state index >= 15 is 0 Å². The molecule has 0 radical (unpaired) electrons. The molecular weight excluding hydrogens is 262 g/mol. The molecule has 3 heteroatoms. The minimum Gasteiger partial charge on any atom is -0.508 e. The maximum absolute atomic E-state index is 9.39. The molecule has 0 aliphatic rings. The van der Waals surface area contributed by atoms with Crippen molar-refractivity contribution >= 4 is 11.1 Å². The summed E-state index contributed by atoms with van der Waals surface area (Å²) in [6.07, 6.45) is 4.10. The molecule has 0 heterocycles. The quantitative estimate of drug-likeness (QED) is 0.710. The molecule has 0 aliphatic heterocycles. The van der Waals surface area contributed by atoms with Crippen LogP contribution >= 0.6 is 0 Å². The van der Waals surface area contributed by atoms with Crippen molar-refractivity contribution in [2.75, 3.05) is 0 Å². The fraction of sp³-hybridized carbons (Fsp3) is 0.111. The second kappa shape index (κ2) is 7.31. The van der Waals surface area contributed by atoms with Crippen molar-refractivity contribution < 1.29 is 10.2 Å². The van der Waals surface area contributed by atoms with Gasteiger partial charge >= 0.3 is 0 Å². The van der Waals surface area contributed by atoms with E-state index in [-0.39, 0.29) is 17.6 Å². The molecule has 0 fully saturated rings. The van der Waals surface area contributed by atoms with Gasteiger partial charge < -0.3 is 16.4 Å². The summed E-state index contributed by atoms with van der Waals surface area (Å²) in [6.45, 7) is 3.98. The molecule has 0 saturated heterocycles. The number of hydrogen-bond donors (Lipinski definition) is 3. The van der Waals surface area contributed by atoms with E-state index in [1.807, 2.05) is 38.1 Å². The van der Waals surface area contributed by atoms with Crippen LogP contribution < -0.4 is 6.15 Å². The van der Waals surface area contributed by atoms with Crippen LogP contribution in [0.5, 0.6) is 11.5 Å². The highest BCUT2D eigenvalue weighted by molar-refractivity contribution is 6.04. The van der Waals surface area contributed by atoms with Crippen LogP contribution in [0.3, 0.4) is 0 Å². The van der Waals surface area contributed by atoms with Crippen LogP contribution in [0, 0.1) is 0 Å².